The molecule has 94 valence electrons. The normalized spacial score (nSPS) is 21.8. The summed E-state index contributed by atoms with van der Waals surface area (Å²) >= 11 is 0. The summed E-state index contributed by atoms with van der Waals surface area (Å²) in [4.78, 5) is 11.2. The van der Waals surface area contributed by atoms with Crippen molar-refractivity contribution in [1.29, 1.82) is 0 Å². The lowest BCUT2D eigenvalue weighted by atomic mass is 10.2. The van der Waals surface area contributed by atoms with Gasteiger partial charge in [-0.25, -0.2) is 0 Å². The SMILES string of the molecule is O=C(CC1COCCN1)NCCC(F)(F)F. The first-order valence-electron chi connectivity index (χ1n) is 5.12. The lowest BCUT2D eigenvalue weighted by molar-refractivity contribution is -0.135. The van der Waals surface area contributed by atoms with Crippen LogP contribution in [0.3, 0.4) is 0 Å². The van der Waals surface area contributed by atoms with E-state index in [0.717, 1.165) is 0 Å². The van der Waals surface area contributed by atoms with Gasteiger partial charge in [0.05, 0.1) is 19.6 Å². The molecule has 0 saturated carbocycles. The number of nitrogens with one attached hydrogen (secondary N) is 2. The van der Waals surface area contributed by atoms with E-state index in [2.05, 4.69) is 10.6 Å². The zero-order valence-electron chi connectivity index (χ0n) is 8.77. The van der Waals surface area contributed by atoms with Crippen molar-refractivity contribution in [3.05, 3.63) is 0 Å². The molecule has 1 saturated heterocycles. The third-order valence-corrected chi connectivity index (χ3v) is 2.16. The standard InChI is InChI=1S/C9H15F3N2O2/c10-9(11,12)1-2-14-8(15)5-7-6-16-4-3-13-7/h7,13H,1-6H2,(H,14,15). The van der Waals surface area contributed by atoms with Crippen molar-refractivity contribution in [3.63, 3.8) is 0 Å². The van der Waals surface area contributed by atoms with E-state index in [1.54, 1.807) is 0 Å². The highest BCUT2D eigenvalue weighted by Gasteiger charge is 2.26. The van der Waals surface area contributed by atoms with Gasteiger partial charge in [0.15, 0.2) is 0 Å². The Bertz CT molecular complexity index is 227. The Balaban J connectivity index is 2.10. The van der Waals surface area contributed by atoms with E-state index >= 15 is 0 Å². The highest BCUT2D eigenvalue weighted by molar-refractivity contribution is 5.76. The fraction of sp³-hybridized carbons (Fsp3) is 0.889. The van der Waals surface area contributed by atoms with Crippen LogP contribution >= 0.6 is 0 Å². The van der Waals surface area contributed by atoms with E-state index in [1.807, 2.05) is 0 Å². The second-order valence-corrected chi connectivity index (χ2v) is 3.65. The molecule has 0 aromatic rings. The Hall–Kier alpha value is -0.820. The molecule has 0 aliphatic carbocycles. The first-order valence-corrected chi connectivity index (χ1v) is 5.12. The van der Waals surface area contributed by atoms with Crippen LogP contribution in [0.15, 0.2) is 0 Å². The van der Waals surface area contributed by atoms with Crippen LogP contribution in [0.1, 0.15) is 12.8 Å². The summed E-state index contributed by atoms with van der Waals surface area (Å²) in [5.74, 6) is -0.382. The van der Waals surface area contributed by atoms with Crippen molar-refractivity contribution in [3.8, 4) is 0 Å². The highest BCUT2D eigenvalue weighted by Crippen LogP contribution is 2.18. The Kier molecular flexibility index (Phi) is 5.01. The van der Waals surface area contributed by atoms with Crippen LogP contribution in [0.4, 0.5) is 13.2 Å². The molecule has 0 aromatic carbocycles. The van der Waals surface area contributed by atoms with Crippen LogP contribution in [0.2, 0.25) is 0 Å². The Morgan fingerprint density at radius 3 is 2.81 bits per heavy atom. The second-order valence-electron chi connectivity index (χ2n) is 3.65. The molecule has 1 amide bonds. The van der Waals surface area contributed by atoms with Gasteiger partial charge in [0, 0.05) is 25.6 Å². The maximum absolute atomic E-state index is 11.8. The minimum Gasteiger partial charge on any atom is -0.378 e. The molecule has 0 bridgehead atoms. The van der Waals surface area contributed by atoms with Gasteiger partial charge in [-0.3, -0.25) is 4.79 Å². The molecule has 1 fully saturated rings. The monoisotopic (exact) mass is 240 g/mol. The zero-order valence-corrected chi connectivity index (χ0v) is 8.77. The number of alkyl halides is 3. The number of hydrogen-bond acceptors (Lipinski definition) is 3. The van der Waals surface area contributed by atoms with Gasteiger partial charge >= 0.3 is 6.18 Å². The highest BCUT2D eigenvalue weighted by atomic mass is 19.4. The Morgan fingerprint density at radius 2 is 2.25 bits per heavy atom. The van der Waals surface area contributed by atoms with Crippen molar-refractivity contribution < 1.29 is 22.7 Å². The van der Waals surface area contributed by atoms with Crippen molar-refractivity contribution in [2.24, 2.45) is 0 Å². The lowest BCUT2D eigenvalue weighted by Gasteiger charge is -2.23. The zero-order chi connectivity index (χ0) is 12.0. The third kappa shape index (κ3) is 5.92. The van der Waals surface area contributed by atoms with E-state index in [9.17, 15) is 18.0 Å². The molecule has 7 heteroatoms. The van der Waals surface area contributed by atoms with E-state index in [1.165, 1.54) is 0 Å². The average molecular weight is 240 g/mol. The van der Waals surface area contributed by atoms with Crippen LogP contribution in [-0.2, 0) is 9.53 Å². The van der Waals surface area contributed by atoms with Crippen LogP contribution in [0.5, 0.6) is 0 Å². The third-order valence-electron chi connectivity index (χ3n) is 2.16. The molecular formula is C9H15F3N2O2. The maximum Gasteiger partial charge on any atom is 0.390 e. The number of morpholine rings is 1. The summed E-state index contributed by atoms with van der Waals surface area (Å²) in [6.45, 7) is 1.33. The van der Waals surface area contributed by atoms with Crippen molar-refractivity contribution >= 4 is 5.91 Å². The molecule has 0 spiro atoms. The molecule has 0 aromatic heterocycles. The Morgan fingerprint density at radius 1 is 1.50 bits per heavy atom. The molecule has 1 rings (SSSR count). The number of halogens is 3. The van der Waals surface area contributed by atoms with Crippen LogP contribution in [0.25, 0.3) is 0 Å². The van der Waals surface area contributed by atoms with Crippen LogP contribution in [0, 0.1) is 0 Å². The molecule has 2 N–H and O–H groups in total. The molecule has 1 atom stereocenters. The van der Waals surface area contributed by atoms with Crippen molar-refractivity contribution in [2.75, 3.05) is 26.3 Å². The smallest absolute Gasteiger partial charge is 0.378 e. The van der Waals surface area contributed by atoms with Gasteiger partial charge in [-0.2, -0.15) is 13.2 Å². The fourth-order valence-corrected chi connectivity index (χ4v) is 1.39. The molecule has 1 heterocycles. The topological polar surface area (TPSA) is 50.4 Å². The fourth-order valence-electron chi connectivity index (χ4n) is 1.39. The Labute approximate surface area is 91.5 Å². The molecule has 1 unspecified atom stereocenters. The van der Waals surface area contributed by atoms with Crippen LogP contribution in [-0.4, -0.2) is 44.4 Å². The summed E-state index contributed by atoms with van der Waals surface area (Å²) in [6, 6.07) is -0.0976. The van der Waals surface area contributed by atoms with E-state index < -0.39 is 12.6 Å². The molecule has 4 nitrogen and oxygen atoms in total. The molecule has 16 heavy (non-hydrogen) atoms. The maximum atomic E-state index is 11.8. The summed E-state index contributed by atoms with van der Waals surface area (Å²) in [5.41, 5.74) is 0. The molecule has 0 radical (unpaired) electrons. The minimum absolute atomic E-state index is 0.0976. The van der Waals surface area contributed by atoms with Gasteiger partial charge in [0.25, 0.3) is 0 Å². The van der Waals surface area contributed by atoms with Gasteiger partial charge in [0.1, 0.15) is 0 Å². The van der Waals surface area contributed by atoms with Gasteiger partial charge in [0.2, 0.25) is 5.91 Å². The second kappa shape index (κ2) is 6.05. The van der Waals surface area contributed by atoms with Gasteiger partial charge in [-0.1, -0.05) is 0 Å². The summed E-state index contributed by atoms with van der Waals surface area (Å²) in [6.07, 6.45) is -5.06. The predicted octanol–water partition coefficient (Wildman–Crippen LogP) is 0.433. The van der Waals surface area contributed by atoms with Gasteiger partial charge in [-0.15, -0.1) is 0 Å². The van der Waals surface area contributed by atoms with Crippen molar-refractivity contribution in [1.82, 2.24) is 10.6 Å². The number of ether oxygens (including phenoxy) is 1. The number of rotatable bonds is 4. The lowest BCUT2D eigenvalue weighted by Crippen LogP contribution is -2.44. The first-order chi connectivity index (χ1) is 7.47. The summed E-state index contributed by atoms with van der Waals surface area (Å²) in [7, 11) is 0. The van der Waals surface area contributed by atoms with Gasteiger partial charge < -0.3 is 15.4 Å². The number of hydrogen-bond donors (Lipinski definition) is 2. The molecule has 1 aliphatic heterocycles. The minimum atomic E-state index is -4.22. The largest absolute Gasteiger partial charge is 0.390 e. The van der Waals surface area contributed by atoms with Crippen LogP contribution < -0.4 is 10.6 Å². The van der Waals surface area contributed by atoms with E-state index in [0.29, 0.717) is 19.8 Å². The quantitative estimate of drug-likeness (QED) is 0.749. The summed E-state index contributed by atoms with van der Waals surface area (Å²) in [5, 5.41) is 5.28. The van der Waals surface area contributed by atoms with E-state index in [-0.39, 0.29) is 24.9 Å². The van der Waals surface area contributed by atoms with E-state index in [4.69, 9.17) is 4.74 Å². The number of carbonyl (C=O) groups excluding carboxylic acids is 1. The number of carbonyl (C=O) groups is 1. The average Bonchev–Trinajstić information content (AvgIpc) is 2.17. The van der Waals surface area contributed by atoms with Gasteiger partial charge in [-0.05, 0) is 0 Å². The molecule has 1 aliphatic rings. The number of amides is 1. The first kappa shape index (κ1) is 13.2. The molecular weight excluding hydrogens is 225 g/mol. The summed E-state index contributed by atoms with van der Waals surface area (Å²) < 4.78 is 40.5. The van der Waals surface area contributed by atoms with Crippen molar-refractivity contribution in [2.45, 2.75) is 25.1 Å². The predicted molar refractivity (Wildman–Crippen MR) is 50.9 cm³/mol.